The lowest BCUT2D eigenvalue weighted by molar-refractivity contribution is 0.459. The zero-order chi connectivity index (χ0) is 12.1. The van der Waals surface area contributed by atoms with Gasteiger partial charge in [-0.1, -0.05) is 35.3 Å². The highest BCUT2D eigenvalue weighted by molar-refractivity contribution is 9.08. The molecule has 3 heteroatoms. The monoisotopic (exact) mass is 296 g/mol. The maximum Gasteiger partial charge on any atom is 0.132 e. The minimum absolute atomic E-state index is 0.893. The number of nitrogens with zero attached hydrogens (tertiary/aromatic N) is 2. The van der Waals surface area contributed by atoms with Crippen LogP contribution in [0.15, 0.2) is 18.3 Å². The summed E-state index contributed by atoms with van der Waals surface area (Å²) >= 11 is 3.55. The van der Waals surface area contributed by atoms with Crippen molar-refractivity contribution in [1.82, 2.24) is 4.98 Å². The van der Waals surface area contributed by atoms with Crippen LogP contribution in [0.2, 0.25) is 0 Å². The van der Waals surface area contributed by atoms with Crippen molar-refractivity contribution in [2.75, 3.05) is 18.0 Å². The first-order valence-electron chi connectivity index (χ1n) is 6.60. The molecule has 0 aliphatic carbocycles. The summed E-state index contributed by atoms with van der Waals surface area (Å²) in [7, 11) is 0. The molecule has 1 aliphatic heterocycles. The summed E-state index contributed by atoms with van der Waals surface area (Å²) in [6, 6.07) is 4.19. The SMILES string of the molecule is CCC1CCCN(c2ncccc2CBr)CC1. The number of rotatable bonds is 3. The van der Waals surface area contributed by atoms with Gasteiger partial charge in [0.2, 0.25) is 0 Å². The van der Waals surface area contributed by atoms with Gasteiger partial charge in [-0.05, 0) is 31.2 Å². The van der Waals surface area contributed by atoms with Crippen molar-refractivity contribution < 1.29 is 0 Å². The molecule has 0 N–H and O–H groups in total. The zero-order valence-electron chi connectivity index (χ0n) is 10.5. The molecule has 1 aromatic rings. The summed E-state index contributed by atoms with van der Waals surface area (Å²) in [4.78, 5) is 7.03. The summed E-state index contributed by atoms with van der Waals surface area (Å²) in [5, 5.41) is 0.893. The molecule has 0 aromatic carbocycles. The number of hydrogen-bond acceptors (Lipinski definition) is 2. The van der Waals surface area contributed by atoms with Gasteiger partial charge in [0.25, 0.3) is 0 Å². The second-order valence-corrected chi connectivity index (χ2v) is 5.37. The number of pyridine rings is 1. The molecule has 0 spiro atoms. The van der Waals surface area contributed by atoms with Crippen LogP contribution in [0.1, 0.15) is 38.2 Å². The van der Waals surface area contributed by atoms with E-state index >= 15 is 0 Å². The minimum Gasteiger partial charge on any atom is -0.356 e. The van der Waals surface area contributed by atoms with Gasteiger partial charge in [0.15, 0.2) is 0 Å². The molecule has 2 rings (SSSR count). The van der Waals surface area contributed by atoms with Crippen molar-refractivity contribution in [1.29, 1.82) is 0 Å². The van der Waals surface area contributed by atoms with E-state index in [-0.39, 0.29) is 0 Å². The van der Waals surface area contributed by atoms with Crippen LogP contribution in [0.3, 0.4) is 0 Å². The van der Waals surface area contributed by atoms with Crippen LogP contribution in [0.25, 0.3) is 0 Å². The first kappa shape index (κ1) is 12.9. The molecule has 94 valence electrons. The van der Waals surface area contributed by atoms with Gasteiger partial charge in [0.05, 0.1) is 0 Å². The summed E-state index contributed by atoms with van der Waals surface area (Å²) < 4.78 is 0. The second-order valence-electron chi connectivity index (χ2n) is 4.81. The largest absolute Gasteiger partial charge is 0.356 e. The van der Waals surface area contributed by atoms with Gasteiger partial charge in [-0.3, -0.25) is 0 Å². The quantitative estimate of drug-likeness (QED) is 0.784. The zero-order valence-corrected chi connectivity index (χ0v) is 12.1. The van der Waals surface area contributed by atoms with Gasteiger partial charge in [-0.25, -0.2) is 4.98 Å². The van der Waals surface area contributed by atoms with E-state index in [9.17, 15) is 0 Å². The van der Waals surface area contributed by atoms with Crippen molar-refractivity contribution in [2.24, 2.45) is 5.92 Å². The maximum atomic E-state index is 4.56. The molecule has 1 saturated heterocycles. The van der Waals surface area contributed by atoms with Crippen molar-refractivity contribution in [3.8, 4) is 0 Å². The third-order valence-electron chi connectivity index (χ3n) is 3.74. The first-order valence-corrected chi connectivity index (χ1v) is 7.72. The number of aromatic nitrogens is 1. The Morgan fingerprint density at radius 3 is 3.06 bits per heavy atom. The summed E-state index contributed by atoms with van der Waals surface area (Å²) in [6.45, 7) is 4.63. The number of anilines is 1. The fraction of sp³-hybridized carbons (Fsp3) is 0.643. The molecule has 1 unspecified atom stereocenters. The van der Waals surface area contributed by atoms with Gasteiger partial charge < -0.3 is 4.90 Å². The van der Waals surface area contributed by atoms with E-state index < -0.39 is 0 Å². The summed E-state index contributed by atoms with van der Waals surface area (Å²) in [5.41, 5.74) is 1.31. The molecule has 1 aromatic heterocycles. The van der Waals surface area contributed by atoms with Gasteiger partial charge in [-0.2, -0.15) is 0 Å². The summed E-state index contributed by atoms with van der Waals surface area (Å²) in [6.07, 6.45) is 7.22. The number of alkyl halides is 1. The average Bonchev–Trinajstić information content (AvgIpc) is 2.63. The average molecular weight is 297 g/mol. The van der Waals surface area contributed by atoms with E-state index in [1.807, 2.05) is 12.3 Å². The van der Waals surface area contributed by atoms with Gasteiger partial charge in [-0.15, -0.1) is 0 Å². The predicted molar refractivity (Wildman–Crippen MR) is 76.7 cm³/mol. The molecule has 0 amide bonds. The van der Waals surface area contributed by atoms with Gasteiger partial charge in [0, 0.05) is 30.2 Å². The smallest absolute Gasteiger partial charge is 0.132 e. The Morgan fingerprint density at radius 2 is 2.29 bits per heavy atom. The highest BCUT2D eigenvalue weighted by Crippen LogP contribution is 2.26. The van der Waals surface area contributed by atoms with E-state index in [0.717, 1.165) is 24.3 Å². The van der Waals surface area contributed by atoms with Crippen molar-refractivity contribution in [3.05, 3.63) is 23.9 Å². The summed E-state index contributed by atoms with van der Waals surface area (Å²) in [5.74, 6) is 2.09. The Bertz CT molecular complexity index is 354. The highest BCUT2D eigenvalue weighted by Gasteiger charge is 2.18. The molecule has 1 aliphatic rings. The standard InChI is InChI=1S/C14H21BrN2/c1-2-12-5-4-9-17(10-7-12)14-13(11-15)6-3-8-16-14/h3,6,8,12H,2,4-5,7,9-11H2,1H3. The Labute approximate surface area is 113 Å². The highest BCUT2D eigenvalue weighted by atomic mass is 79.9. The number of halogens is 1. The topological polar surface area (TPSA) is 16.1 Å². The van der Waals surface area contributed by atoms with Crippen LogP contribution >= 0.6 is 15.9 Å². The van der Waals surface area contributed by atoms with Crippen molar-refractivity contribution >= 4 is 21.7 Å². The predicted octanol–water partition coefficient (Wildman–Crippen LogP) is 3.99. The van der Waals surface area contributed by atoms with E-state index in [0.29, 0.717) is 0 Å². The van der Waals surface area contributed by atoms with E-state index in [4.69, 9.17) is 0 Å². The van der Waals surface area contributed by atoms with Crippen LogP contribution < -0.4 is 4.90 Å². The molecule has 2 heterocycles. The molecule has 0 radical (unpaired) electrons. The Morgan fingerprint density at radius 1 is 1.41 bits per heavy atom. The van der Waals surface area contributed by atoms with Gasteiger partial charge >= 0.3 is 0 Å². The molecular formula is C14H21BrN2. The Balaban J connectivity index is 2.11. The Kier molecular flexibility index (Phi) is 4.84. The molecule has 1 fully saturated rings. The van der Waals surface area contributed by atoms with E-state index in [1.54, 1.807) is 0 Å². The van der Waals surface area contributed by atoms with Crippen molar-refractivity contribution in [3.63, 3.8) is 0 Å². The minimum atomic E-state index is 0.893. The van der Waals surface area contributed by atoms with Gasteiger partial charge in [0.1, 0.15) is 5.82 Å². The van der Waals surface area contributed by atoms with Crippen molar-refractivity contribution in [2.45, 2.75) is 37.9 Å². The fourth-order valence-electron chi connectivity index (χ4n) is 2.60. The third-order valence-corrected chi connectivity index (χ3v) is 4.34. The van der Waals surface area contributed by atoms with Crippen LogP contribution in [-0.4, -0.2) is 18.1 Å². The molecule has 0 bridgehead atoms. The van der Waals surface area contributed by atoms with Crippen LogP contribution in [0.4, 0.5) is 5.82 Å². The molecule has 17 heavy (non-hydrogen) atoms. The maximum absolute atomic E-state index is 4.56. The Hall–Kier alpha value is -0.570. The molecular weight excluding hydrogens is 276 g/mol. The lowest BCUT2D eigenvalue weighted by atomic mass is 9.98. The van der Waals surface area contributed by atoms with Crippen LogP contribution in [-0.2, 0) is 5.33 Å². The lowest BCUT2D eigenvalue weighted by Gasteiger charge is -2.23. The fourth-order valence-corrected chi connectivity index (χ4v) is 3.04. The van der Waals surface area contributed by atoms with E-state index in [1.165, 1.54) is 37.1 Å². The number of hydrogen-bond donors (Lipinski definition) is 0. The normalized spacial score (nSPS) is 21.3. The van der Waals surface area contributed by atoms with Crippen LogP contribution in [0.5, 0.6) is 0 Å². The first-order chi connectivity index (χ1) is 8.35. The molecule has 2 nitrogen and oxygen atoms in total. The molecule has 1 atom stereocenters. The van der Waals surface area contributed by atoms with E-state index in [2.05, 4.69) is 38.8 Å². The second kappa shape index (κ2) is 6.39. The lowest BCUT2D eigenvalue weighted by Crippen LogP contribution is -2.26. The van der Waals surface area contributed by atoms with Crippen LogP contribution in [0, 0.1) is 5.92 Å². The molecule has 0 saturated carbocycles. The third kappa shape index (κ3) is 3.21.